The van der Waals surface area contributed by atoms with Gasteiger partial charge in [-0.05, 0) is 44.0 Å². The van der Waals surface area contributed by atoms with Crippen molar-refractivity contribution in [2.45, 2.75) is 31.9 Å². The van der Waals surface area contributed by atoms with Crippen LogP contribution < -0.4 is 9.47 Å². The monoisotopic (exact) mass is 383 g/mol. The Kier molecular flexibility index (Phi) is 4.85. The number of aromatic nitrogens is 2. The molecular formula is C21H25N3O4. The topological polar surface area (TPSA) is 76.8 Å². The Hall–Kier alpha value is -2.80. The highest BCUT2D eigenvalue weighted by molar-refractivity contribution is 5.99. The summed E-state index contributed by atoms with van der Waals surface area (Å²) in [6, 6.07) is 5.56. The molecule has 0 aliphatic carbocycles. The van der Waals surface area contributed by atoms with Crippen molar-refractivity contribution in [2.75, 3.05) is 26.8 Å². The number of aryl methyl sites for hydroxylation is 1. The van der Waals surface area contributed by atoms with Crippen molar-refractivity contribution in [1.82, 2.24) is 14.5 Å². The molecule has 0 unspecified atom stereocenters. The minimum Gasteiger partial charge on any atom is -0.497 e. The third-order valence-electron chi connectivity index (χ3n) is 5.57. The number of ether oxygens (including phenoxy) is 2. The van der Waals surface area contributed by atoms with Gasteiger partial charge in [0.1, 0.15) is 23.9 Å². The minimum absolute atomic E-state index is 0.0330. The van der Waals surface area contributed by atoms with Gasteiger partial charge in [-0.1, -0.05) is 0 Å². The zero-order valence-corrected chi connectivity index (χ0v) is 16.2. The van der Waals surface area contributed by atoms with Crippen LogP contribution in [0.2, 0.25) is 0 Å². The van der Waals surface area contributed by atoms with E-state index in [1.807, 2.05) is 42.0 Å². The van der Waals surface area contributed by atoms with Gasteiger partial charge in [-0.2, -0.15) is 0 Å². The fourth-order valence-corrected chi connectivity index (χ4v) is 3.78. The number of aliphatic hydroxyl groups is 1. The highest BCUT2D eigenvalue weighted by atomic mass is 16.5. The molecule has 2 aliphatic heterocycles. The van der Waals surface area contributed by atoms with Crippen LogP contribution in [0.5, 0.6) is 11.5 Å². The van der Waals surface area contributed by atoms with E-state index in [1.165, 1.54) is 0 Å². The lowest BCUT2D eigenvalue weighted by Crippen LogP contribution is -2.49. The number of likely N-dealkylation sites (tertiary alicyclic amines) is 1. The summed E-state index contributed by atoms with van der Waals surface area (Å²) in [7, 11) is 1.61. The van der Waals surface area contributed by atoms with Gasteiger partial charge in [-0.25, -0.2) is 4.98 Å². The number of carbonyl (C=O) groups is 1. The molecule has 1 aromatic heterocycles. The Morgan fingerprint density at radius 2 is 2.14 bits per heavy atom. The molecule has 2 aromatic rings. The van der Waals surface area contributed by atoms with Gasteiger partial charge in [-0.3, -0.25) is 4.79 Å². The lowest BCUT2D eigenvalue weighted by molar-refractivity contribution is -0.132. The summed E-state index contributed by atoms with van der Waals surface area (Å²) in [4.78, 5) is 19.0. The van der Waals surface area contributed by atoms with Crippen LogP contribution in [0.4, 0.5) is 0 Å². The molecule has 1 amide bonds. The first-order valence-electron chi connectivity index (χ1n) is 9.48. The zero-order valence-electron chi connectivity index (χ0n) is 16.2. The van der Waals surface area contributed by atoms with Crippen molar-refractivity contribution in [3.05, 3.63) is 47.6 Å². The third-order valence-corrected chi connectivity index (χ3v) is 5.57. The Balaban J connectivity index is 1.42. The first-order valence-corrected chi connectivity index (χ1v) is 9.48. The quantitative estimate of drug-likeness (QED) is 0.874. The smallest absolute Gasteiger partial charge is 0.253 e. The average Bonchev–Trinajstić information content (AvgIpc) is 3.11. The van der Waals surface area contributed by atoms with Crippen LogP contribution in [0.15, 0.2) is 36.2 Å². The summed E-state index contributed by atoms with van der Waals surface area (Å²) in [5, 5.41) is 10.9. The predicted molar refractivity (Wildman–Crippen MR) is 104 cm³/mol. The van der Waals surface area contributed by atoms with Gasteiger partial charge in [-0.15, -0.1) is 0 Å². The largest absolute Gasteiger partial charge is 0.497 e. The van der Waals surface area contributed by atoms with Crippen molar-refractivity contribution in [2.24, 2.45) is 0 Å². The van der Waals surface area contributed by atoms with Crippen LogP contribution in [0.3, 0.4) is 0 Å². The van der Waals surface area contributed by atoms with E-state index in [4.69, 9.17) is 9.47 Å². The van der Waals surface area contributed by atoms with Gasteiger partial charge in [0.2, 0.25) is 0 Å². The molecule has 0 atom stereocenters. The van der Waals surface area contributed by atoms with Gasteiger partial charge in [0, 0.05) is 31.0 Å². The van der Waals surface area contributed by atoms with Gasteiger partial charge in [0.15, 0.2) is 0 Å². The molecule has 4 rings (SSSR count). The van der Waals surface area contributed by atoms with Crippen molar-refractivity contribution >= 4 is 12.0 Å². The summed E-state index contributed by atoms with van der Waals surface area (Å²) < 4.78 is 13.0. The summed E-state index contributed by atoms with van der Waals surface area (Å²) in [5.74, 6) is 2.33. The number of benzene rings is 1. The maximum absolute atomic E-state index is 12.9. The number of rotatable bonds is 4. The number of carbonyl (C=O) groups excluding carboxylic acids is 1. The fourth-order valence-electron chi connectivity index (χ4n) is 3.78. The van der Waals surface area contributed by atoms with E-state index in [2.05, 4.69) is 4.98 Å². The van der Waals surface area contributed by atoms with Crippen molar-refractivity contribution in [3.8, 4) is 11.5 Å². The molecule has 28 heavy (non-hydrogen) atoms. The molecule has 3 heterocycles. The molecule has 0 radical (unpaired) electrons. The minimum atomic E-state index is -0.820. The average molecular weight is 383 g/mol. The number of imidazole rings is 1. The highest BCUT2D eigenvalue weighted by Crippen LogP contribution is 2.31. The lowest BCUT2D eigenvalue weighted by Gasteiger charge is -2.39. The molecule has 0 saturated carbocycles. The standard InChI is InChI=1S/C21H25N3O4/c1-15-22-7-10-24(15)14-21(26)5-8-23(9-6-21)20(25)17-11-16-12-18(27-2)3-4-19(16)28-13-17/h3-4,7,10-12,26H,5-6,8-9,13-14H2,1-2H3. The van der Waals surface area contributed by atoms with Gasteiger partial charge in [0.05, 0.1) is 24.8 Å². The number of fused-ring (bicyclic) bond motifs is 1. The molecule has 1 saturated heterocycles. The zero-order chi connectivity index (χ0) is 19.7. The first kappa shape index (κ1) is 18.6. The summed E-state index contributed by atoms with van der Waals surface area (Å²) in [6.07, 6.45) is 6.56. The Bertz CT molecular complexity index is 910. The maximum atomic E-state index is 12.9. The summed E-state index contributed by atoms with van der Waals surface area (Å²) in [5.41, 5.74) is 0.648. The van der Waals surface area contributed by atoms with E-state index in [-0.39, 0.29) is 12.5 Å². The van der Waals surface area contributed by atoms with E-state index in [0.29, 0.717) is 38.0 Å². The van der Waals surface area contributed by atoms with Crippen LogP contribution >= 0.6 is 0 Å². The SMILES string of the molecule is COc1ccc2c(c1)C=C(C(=O)N1CCC(O)(Cn3ccnc3C)CC1)CO2. The number of methoxy groups -OCH3 is 1. The summed E-state index contributed by atoms with van der Waals surface area (Å²) >= 11 is 0. The Morgan fingerprint density at radius 1 is 1.36 bits per heavy atom. The van der Waals surface area contributed by atoms with E-state index >= 15 is 0 Å². The Labute approximate surface area is 164 Å². The Morgan fingerprint density at radius 3 is 2.82 bits per heavy atom. The molecule has 0 bridgehead atoms. The molecule has 7 nitrogen and oxygen atoms in total. The van der Waals surface area contributed by atoms with E-state index in [0.717, 1.165) is 22.9 Å². The summed E-state index contributed by atoms with van der Waals surface area (Å²) in [6.45, 7) is 3.72. The predicted octanol–water partition coefficient (Wildman–Crippen LogP) is 2.03. The van der Waals surface area contributed by atoms with Crippen LogP contribution in [-0.4, -0.2) is 57.9 Å². The second-order valence-electron chi connectivity index (χ2n) is 7.48. The van der Waals surface area contributed by atoms with Gasteiger partial charge >= 0.3 is 0 Å². The number of amides is 1. The maximum Gasteiger partial charge on any atom is 0.253 e. The fraction of sp³-hybridized carbons (Fsp3) is 0.429. The molecule has 0 spiro atoms. The molecule has 1 aromatic carbocycles. The molecule has 1 N–H and O–H groups in total. The van der Waals surface area contributed by atoms with Gasteiger partial charge < -0.3 is 24.0 Å². The first-order chi connectivity index (χ1) is 13.5. The third kappa shape index (κ3) is 3.62. The number of piperidine rings is 1. The van der Waals surface area contributed by atoms with Crippen LogP contribution in [0.1, 0.15) is 24.2 Å². The van der Waals surface area contributed by atoms with Crippen LogP contribution in [-0.2, 0) is 11.3 Å². The van der Waals surface area contributed by atoms with Crippen molar-refractivity contribution in [1.29, 1.82) is 0 Å². The molecule has 2 aliphatic rings. The van der Waals surface area contributed by atoms with E-state index < -0.39 is 5.60 Å². The van der Waals surface area contributed by atoms with E-state index in [1.54, 1.807) is 18.2 Å². The number of hydrogen-bond acceptors (Lipinski definition) is 5. The normalized spacial score (nSPS) is 18.1. The molecule has 148 valence electrons. The number of nitrogens with zero attached hydrogens (tertiary/aromatic N) is 3. The molecule has 7 heteroatoms. The molecule has 1 fully saturated rings. The second-order valence-corrected chi connectivity index (χ2v) is 7.48. The van der Waals surface area contributed by atoms with Crippen LogP contribution in [0.25, 0.3) is 6.08 Å². The lowest BCUT2D eigenvalue weighted by atomic mass is 9.90. The van der Waals surface area contributed by atoms with Crippen molar-refractivity contribution in [3.63, 3.8) is 0 Å². The van der Waals surface area contributed by atoms with Crippen molar-refractivity contribution < 1.29 is 19.4 Å². The van der Waals surface area contributed by atoms with E-state index in [9.17, 15) is 9.90 Å². The second kappa shape index (κ2) is 7.31. The van der Waals surface area contributed by atoms with Crippen LogP contribution in [0, 0.1) is 6.92 Å². The highest BCUT2D eigenvalue weighted by Gasteiger charge is 2.35. The van der Waals surface area contributed by atoms with Gasteiger partial charge in [0.25, 0.3) is 5.91 Å². The number of hydrogen-bond donors (Lipinski definition) is 1. The molecular weight excluding hydrogens is 358 g/mol.